The Kier molecular flexibility index (Phi) is 2.69. The molecule has 1 rings (SSSR count). The summed E-state index contributed by atoms with van der Waals surface area (Å²) in [6, 6.07) is 0. The number of alkyl halides is 3. The molecule has 0 saturated heterocycles. The van der Waals surface area contributed by atoms with Crippen LogP contribution in [0.1, 0.15) is 5.01 Å². The maximum Gasteiger partial charge on any atom is 0.414 e. The maximum atomic E-state index is 11.8. The third-order valence-corrected chi connectivity index (χ3v) is 2.03. The molecule has 0 unspecified atom stereocenters. The van der Waals surface area contributed by atoms with Crippen molar-refractivity contribution in [1.82, 2.24) is 4.98 Å². The van der Waals surface area contributed by atoms with Crippen LogP contribution in [-0.2, 0) is 6.42 Å². The summed E-state index contributed by atoms with van der Waals surface area (Å²) in [5, 5.41) is 10.5. The smallest absolute Gasteiger partial charge is 0.383 e. The van der Waals surface area contributed by atoms with Gasteiger partial charge in [-0.3, -0.25) is 0 Å². The van der Waals surface area contributed by atoms with Crippen LogP contribution in [0.15, 0.2) is 11.6 Å². The van der Waals surface area contributed by atoms with Crippen molar-refractivity contribution in [2.45, 2.75) is 18.7 Å². The zero-order valence-electron chi connectivity index (χ0n) is 5.88. The molecule has 6 heteroatoms. The highest BCUT2D eigenvalue weighted by Crippen LogP contribution is 2.23. The number of halogens is 3. The molecule has 1 aromatic rings. The number of thiazole rings is 1. The zero-order valence-corrected chi connectivity index (χ0v) is 6.69. The van der Waals surface area contributed by atoms with E-state index in [1.807, 2.05) is 0 Å². The average molecular weight is 197 g/mol. The van der Waals surface area contributed by atoms with E-state index in [2.05, 4.69) is 4.98 Å². The molecule has 2 nitrogen and oxygen atoms in total. The number of hydrogen-bond acceptors (Lipinski definition) is 3. The first-order valence-electron chi connectivity index (χ1n) is 3.13. The molecule has 0 fully saturated rings. The van der Waals surface area contributed by atoms with Gasteiger partial charge in [0.05, 0.1) is 5.01 Å². The van der Waals surface area contributed by atoms with Crippen LogP contribution in [0.5, 0.6) is 0 Å². The van der Waals surface area contributed by atoms with Crippen molar-refractivity contribution in [3.63, 3.8) is 0 Å². The molecule has 1 heterocycles. The second-order valence-corrected chi connectivity index (χ2v) is 3.17. The standard InChI is InChI=1S/C6H6F3NOS/c7-6(8,9)4(11)3-5-10-1-2-12-5/h1-2,4,11H,3H2/t4-/m0/s1. The molecule has 12 heavy (non-hydrogen) atoms. The molecule has 0 saturated carbocycles. The first-order chi connectivity index (χ1) is 5.50. The van der Waals surface area contributed by atoms with Crippen LogP contribution in [0, 0.1) is 0 Å². The van der Waals surface area contributed by atoms with Crippen LogP contribution in [0.4, 0.5) is 13.2 Å². The highest BCUT2D eigenvalue weighted by molar-refractivity contribution is 7.09. The molecular weight excluding hydrogens is 191 g/mol. The average Bonchev–Trinajstić information content (AvgIpc) is 2.37. The maximum absolute atomic E-state index is 11.8. The summed E-state index contributed by atoms with van der Waals surface area (Å²) < 4.78 is 35.3. The molecule has 1 aromatic heterocycles. The minimum Gasteiger partial charge on any atom is -0.383 e. The highest BCUT2D eigenvalue weighted by atomic mass is 32.1. The van der Waals surface area contributed by atoms with Crippen LogP contribution >= 0.6 is 11.3 Å². The lowest BCUT2D eigenvalue weighted by molar-refractivity contribution is -0.203. The monoisotopic (exact) mass is 197 g/mol. The summed E-state index contributed by atoms with van der Waals surface area (Å²) in [6.07, 6.45) is -5.90. The quantitative estimate of drug-likeness (QED) is 0.781. The van der Waals surface area contributed by atoms with E-state index < -0.39 is 18.7 Å². The molecular formula is C6H6F3NOS. The van der Waals surface area contributed by atoms with Gasteiger partial charge < -0.3 is 5.11 Å². The van der Waals surface area contributed by atoms with E-state index in [4.69, 9.17) is 5.11 Å². The second kappa shape index (κ2) is 3.40. The molecule has 1 N–H and O–H groups in total. The van der Waals surface area contributed by atoms with Gasteiger partial charge in [-0.15, -0.1) is 11.3 Å². The second-order valence-electron chi connectivity index (χ2n) is 2.19. The minimum absolute atomic E-state index is 0.292. The molecule has 68 valence electrons. The van der Waals surface area contributed by atoms with Crippen molar-refractivity contribution in [1.29, 1.82) is 0 Å². The van der Waals surface area contributed by atoms with Gasteiger partial charge in [-0.05, 0) is 0 Å². The van der Waals surface area contributed by atoms with Gasteiger partial charge in [0, 0.05) is 18.0 Å². The number of rotatable bonds is 2. The lowest BCUT2D eigenvalue weighted by Gasteiger charge is -2.12. The number of aliphatic hydroxyl groups excluding tert-OH is 1. The fourth-order valence-electron chi connectivity index (χ4n) is 0.635. The van der Waals surface area contributed by atoms with Gasteiger partial charge in [0.2, 0.25) is 0 Å². The third kappa shape index (κ3) is 2.46. The predicted octanol–water partition coefficient (Wildman–Crippen LogP) is 1.61. The van der Waals surface area contributed by atoms with Gasteiger partial charge >= 0.3 is 6.18 Å². The number of aromatic nitrogens is 1. The van der Waals surface area contributed by atoms with E-state index in [-0.39, 0.29) is 0 Å². The van der Waals surface area contributed by atoms with Crippen molar-refractivity contribution < 1.29 is 18.3 Å². The predicted molar refractivity (Wildman–Crippen MR) is 37.9 cm³/mol. The van der Waals surface area contributed by atoms with E-state index in [1.165, 1.54) is 6.20 Å². The van der Waals surface area contributed by atoms with Gasteiger partial charge in [-0.2, -0.15) is 13.2 Å². The van der Waals surface area contributed by atoms with E-state index in [1.54, 1.807) is 5.38 Å². The summed E-state index contributed by atoms with van der Waals surface area (Å²) in [7, 11) is 0. The van der Waals surface area contributed by atoms with Crippen molar-refractivity contribution in [2.24, 2.45) is 0 Å². The minimum atomic E-state index is -4.55. The van der Waals surface area contributed by atoms with Crippen molar-refractivity contribution in [2.75, 3.05) is 0 Å². The third-order valence-electron chi connectivity index (χ3n) is 1.23. The molecule has 0 bridgehead atoms. The topological polar surface area (TPSA) is 33.1 Å². The Labute approximate surface area is 70.7 Å². The Morgan fingerprint density at radius 3 is 2.67 bits per heavy atom. The van der Waals surface area contributed by atoms with Gasteiger partial charge in [-0.25, -0.2) is 4.98 Å². The fourth-order valence-corrected chi connectivity index (χ4v) is 1.29. The van der Waals surface area contributed by atoms with Crippen LogP contribution in [0.2, 0.25) is 0 Å². The molecule has 0 aliphatic carbocycles. The summed E-state index contributed by atoms with van der Waals surface area (Å²) >= 11 is 1.10. The first kappa shape index (κ1) is 9.47. The van der Waals surface area contributed by atoms with Gasteiger partial charge in [0.15, 0.2) is 6.10 Å². The van der Waals surface area contributed by atoms with E-state index >= 15 is 0 Å². The van der Waals surface area contributed by atoms with E-state index in [0.717, 1.165) is 11.3 Å². The van der Waals surface area contributed by atoms with Crippen LogP contribution in [-0.4, -0.2) is 22.4 Å². The van der Waals surface area contributed by atoms with Crippen LogP contribution < -0.4 is 0 Å². The Morgan fingerprint density at radius 2 is 2.25 bits per heavy atom. The Morgan fingerprint density at radius 1 is 1.58 bits per heavy atom. The molecule has 0 spiro atoms. The highest BCUT2D eigenvalue weighted by Gasteiger charge is 2.38. The largest absolute Gasteiger partial charge is 0.414 e. The van der Waals surface area contributed by atoms with Crippen molar-refractivity contribution in [3.8, 4) is 0 Å². The van der Waals surface area contributed by atoms with E-state index in [0.29, 0.717) is 5.01 Å². The fraction of sp³-hybridized carbons (Fsp3) is 0.500. The molecule has 0 aromatic carbocycles. The SMILES string of the molecule is O[C@@H](Cc1nccs1)C(F)(F)F. The first-order valence-corrected chi connectivity index (χ1v) is 4.01. The summed E-state index contributed by atoms with van der Waals surface area (Å²) in [5.41, 5.74) is 0. The van der Waals surface area contributed by atoms with Gasteiger partial charge in [-0.1, -0.05) is 0 Å². The van der Waals surface area contributed by atoms with Crippen LogP contribution in [0.3, 0.4) is 0 Å². The van der Waals surface area contributed by atoms with E-state index in [9.17, 15) is 13.2 Å². The number of hydrogen-bond donors (Lipinski definition) is 1. The van der Waals surface area contributed by atoms with Gasteiger partial charge in [0.1, 0.15) is 0 Å². The number of aliphatic hydroxyl groups is 1. The van der Waals surface area contributed by atoms with Gasteiger partial charge in [0.25, 0.3) is 0 Å². The Balaban J connectivity index is 2.53. The molecule has 1 atom stereocenters. The zero-order chi connectivity index (χ0) is 9.19. The van der Waals surface area contributed by atoms with Crippen LogP contribution in [0.25, 0.3) is 0 Å². The van der Waals surface area contributed by atoms with Crippen molar-refractivity contribution >= 4 is 11.3 Å². The summed E-state index contributed by atoms with van der Waals surface area (Å²) in [5.74, 6) is 0. The molecule has 0 radical (unpaired) electrons. The summed E-state index contributed by atoms with van der Waals surface area (Å²) in [4.78, 5) is 3.63. The lowest BCUT2D eigenvalue weighted by Crippen LogP contribution is -2.30. The lowest BCUT2D eigenvalue weighted by atomic mass is 10.2. The Bertz CT molecular complexity index is 233. The molecule has 0 aliphatic rings. The normalized spacial score (nSPS) is 14.7. The molecule has 0 amide bonds. The number of nitrogens with zero attached hydrogens (tertiary/aromatic N) is 1. The molecule has 0 aliphatic heterocycles. The van der Waals surface area contributed by atoms with Crippen molar-refractivity contribution in [3.05, 3.63) is 16.6 Å². The Hall–Kier alpha value is -0.620. The summed E-state index contributed by atoms with van der Waals surface area (Å²) in [6.45, 7) is 0.